The van der Waals surface area contributed by atoms with Gasteiger partial charge in [-0.05, 0) is 6.92 Å². The summed E-state index contributed by atoms with van der Waals surface area (Å²) in [7, 11) is 1.54. The van der Waals surface area contributed by atoms with Crippen LogP contribution in [0.1, 0.15) is 18.3 Å². The van der Waals surface area contributed by atoms with E-state index in [0.717, 1.165) is 11.4 Å². The molecule has 1 aliphatic rings. The summed E-state index contributed by atoms with van der Waals surface area (Å²) in [6.45, 7) is 2.24. The number of hydrogen-bond donors (Lipinski definition) is 4. The van der Waals surface area contributed by atoms with E-state index in [2.05, 4.69) is 25.9 Å². The van der Waals surface area contributed by atoms with Crippen LogP contribution in [0, 0.1) is 0 Å². The van der Waals surface area contributed by atoms with Crippen LogP contribution in [-0.2, 0) is 22.6 Å². The number of aromatic amines is 1. The lowest BCUT2D eigenvalue weighted by atomic mass is 10.0. The lowest BCUT2D eigenvalue weighted by molar-refractivity contribution is -0.129. The third kappa shape index (κ3) is 2.51. The Kier molecular flexibility index (Phi) is 3.61. The molecule has 4 N–H and O–H groups in total. The number of nitrogens with one attached hydrogen (secondary N) is 4. The molecule has 7 nitrogen and oxygen atoms in total. The Morgan fingerprint density at radius 1 is 1.56 bits per heavy atom. The molecule has 0 radical (unpaired) electrons. The van der Waals surface area contributed by atoms with Gasteiger partial charge in [0.05, 0.1) is 23.8 Å². The van der Waals surface area contributed by atoms with Crippen LogP contribution in [0.4, 0.5) is 0 Å². The van der Waals surface area contributed by atoms with E-state index in [1.54, 1.807) is 20.3 Å². The van der Waals surface area contributed by atoms with Gasteiger partial charge in [0, 0.05) is 20.0 Å². The van der Waals surface area contributed by atoms with E-state index in [0.29, 0.717) is 13.0 Å². The number of aromatic nitrogens is 2. The minimum absolute atomic E-state index is 0.181. The zero-order chi connectivity index (χ0) is 13.1. The number of nitrogens with zero attached hydrogens (tertiary/aromatic N) is 1. The Morgan fingerprint density at radius 3 is 3.06 bits per heavy atom. The van der Waals surface area contributed by atoms with Crippen LogP contribution in [0.15, 0.2) is 6.33 Å². The first-order valence-electron chi connectivity index (χ1n) is 5.88. The molecule has 0 aromatic carbocycles. The zero-order valence-corrected chi connectivity index (χ0v) is 10.4. The number of carbonyl (C=O) groups is 2. The lowest BCUT2D eigenvalue weighted by Crippen LogP contribution is -2.53. The van der Waals surface area contributed by atoms with Crippen molar-refractivity contribution >= 4 is 11.8 Å². The molecule has 2 unspecified atom stereocenters. The summed E-state index contributed by atoms with van der Waals surface area (Å²) in [5, 5.41) is 8.27. The van der Waals surface area contributed by atoms with Gasteiger partial charge < -0.3 is 15.6 Å². The predicted molar refractivity (Wildman–Crippen MR) is 64.6 cm³/mol. The molecule has 2 atom stereocenters. The Balaban J connectivity index is 1.93. The second-order valence-corrected chi connectivity index (χ2v) is 4.31. The van der Waals surface area contributed by atoms with E-state index in [1.165, 1.54) is 0 Å². The average molecular weight is 251 g/mol. The lowest BCUT2D eigenvalue weighted by Gasteiger charge is -2.23. The van der Waals surface area contributed by atoms with Gasteiger partial charge in [0.2, 0.25) is 11.8 Å². The molecule has 1 aliphatic heterocycles. The highest BCUT2D eigenvalue weighted by Gasteiger charge is 2.27. The van der Waals surface area contributed by atoms with Crippen molar-refractivity contribution in [3.8, 4) is 0 Å². The second-order valence-electron chi connectivity index (χ2n) is 4.31. The maximum Gasteiger partial charge on any atom is 0.242 e. The van der Waals surface area contributed by atoms with Crippen LogP contribution in [0.25, 0.3) is 0 Å². The molecule has 0 spiro atoms. The van der Waals surface area contributed by atoms with E-state index in [1.807, 2.05) is 0 Å². The molecule has 98 valence electrons. The fourth-order valence-corrected chi connectivity index (χ4v) is 1.95. The summed E-state index contributed by atoms with van der Waals surface area (Å²) in [6.07, 6.45) is 2.16. The normalized spacial score (nSPS) is 19.8. The SMILES string of the molecule is CNC(=O)C(C)NC(=O)C1Cc2nc[nH]c2CN1. The molecule has 2 amide bonds. The number of fused-ring (bicyclic) bond motifs is 1. The van der Waals surface area contributed by atoms with Gasteiger partial charge in [0.25, 0.3) is 0 Å². The Hall–Kier alpha value is -1.89. The fraction of sp³-hybridized carbons (Fsp3) is 0.545. The summed E-state index contributed by atoms with van der Waals surface area (Å²) in [4.78, 5) is 30.5. The third-order valence-corrected chi connectivity index (χ3v) is 3.05. The van der Waals surface area contributed by atoms with Crippen LogP contribution in [0.3, 0.4) is 0 Å². The first-order chi connectivity index (χ1) is 8.61. The Labute approximate surface area is 105 Å². The summed E-state index contributed by atoms with van der Waals surface area (Å²) in [5.41, 5.74) is 1.92. The standard InChI is InChI=1S/C11H17N5O2/c1-6(10(17)12-2)16-11(18)8-3-7-9(4-13-8)15-5-14-7/h5-6,8,13H,3-4H2,1-2H3,(H,12,17)(H,14,15)(H,16,18). The van der Waals surface area contributed by atoms with Crippen molar-refractivity contribution in [2.75, 3.05) is 7.05 Å². The molecule has 18 heavy (non-hydrogen) atoms. The predicted octanol–water partition coefficient (Wildman–Crippen LogP) is -1.33. The molecule has 0 bridgehead atoms. The van der Waals surface area contributed by atoms with Gasteiger partial charge in [-0.3, -0.25) is 14.9 Å². The van der Waals surface area contributed by atoms with Crippen LogP contribution in [0.5, 0.6) is 0 Å². The molecular formula is C11H17N5O2. The van der Waals surface area contributed by atoms with Crippen molar-refractivity contribution in [1.29, 1.82) is 0 Å². The highest BCUT2D eigenvalue weighted by molar-refractivity contribution is 5.89. The van der Waals surface area contributed by atoms with Crippen molar-refractivity contribution in [2.24, 2.45) is 0 Å². The molecule has 7 heteroatoms. The van der Waals surface area contributed by atoms with Crippen molar-refractivity contribution in [3.63, 3.8) is 0 Å². The van der Waals surface area contributed by atoms with Crippen LogP contribution in [0.2, 0.25) is 0 Å². The van der Waals surface area contributed by atoms with E-state index in [-0.39, 0.29) is 17.9 Å². The molecule has 1 aromatic rings. The van der Waals surface area contributed by atoms with Crippen molar-refractivity contribution in [3.05, 3.63) is 17.7 Å². The number of imidazole rings is 1. The minimum atomic E-state index is -0.537. The van der Waals surface area contributed by atoms with Gasteiger partial charge in [0.1, 0.15) is 6.04 Å². The van der Waals surface area contributed by atoms with Gasteiger partial charge >= 0.3 is 0 Å². The number of likely N-dealkylation sites (N-methyl/N-ethyl adjacent to an activating group) is 1. The van der Waals surface area contributed by atoms with E-state index >= 15 is 0 Å². The fourth-order valence-electron chi connectivity index (χ4n) is 1.95. The molecule has 0 saturated heterocycles. The first-order valence-corrected chi connectivity index (χ1v) is 5.88. The van der Waals surface area contributed by atoms with Crippen molar-refractivity contribution in [2.45, 2.75) is 32.0 Å². The quantitative estimate of drug-likeness (QED) is 0.535. The van der Waals surface area contributed by atoms with Gasteiger partial charge in [0.15, 0.2) is 0 Å². The summed E-state index contributed by atoms with van der Waals surface area (Å²) >= 11 is 0. The maximum atomic E-state index is 12.0. The highest BCUT2D eigenvalue weighted by atomic mass is 16.2. The van der Waals surface area contributed by atoms with E-state index in [4.69, 9.17) is 0 Å². The molecular weight excluding hydrogens is 234 g/mol. The summed E-state index contributed by atoms with van der Waals surface area (Å²) in [5.74, 6) is -0.389. The number of rotatable bonds is 3. The molecule has 1 aromatic heterocycles. The topological polar surface area (TPSA) is 98.9 Å². The largest absolute Gasteiger partial charge is 0.357 e. The zero-order valence-electron chi connectivity index (χ0n) is 10.4. The first kappa shape index (κ1) is 12.6. The molecule has 2 rings (SSSR count). The van der Waals surface area contributed by atoms with E-state index < -0.39 is 6.04 Å². The molecule has 0 saturated carbocycles. The molecule has 0 fully saturated rings. The average Bonchev–Trinajstić information content (AvgIpc) is 2.84. The minimum Gasteiger partial charge on any atom is -0.357 e. The van der Waals surface area contributed by atoms with Crippen LogP contribution < -0.4 is 16.0 Å². The van der Waals surface area contributed by atoms with Crippen LogP contribution >= 0.6 is 0 Å². The van der Waals surface area contributed by atoms with Gasteiger partial charge in [-0.1, -0.05) is 0 Å². The summed E-state index contributed by atoms with van der Waals surface area (Å²) < 4.78 is 0. The van der Waals surface area contributed by atoms with E-state index in [9.17, 15) is 9.59 Å². The maximum absolute atomic E-state index is 12.0. The second kappa shape index (κ2) is 5.18. The third-order valence-electron chi connectivity index (χ3n) is 3.05. The number of H-pyrrole nitrogens is 1. The highest BCUT2D eigenvalue weighted by Crippen LogP contribution is 2.12. The Morgan fingerprint density at radius 2 is 2.33 bits per heavy atom. The van der Waals surface area contributed by atoms with Gasteiger partial charge in [-0.25, -0.2) is 4.98 Å². The molecule has 0 aliphatic carbocycles. The van der Waals surface area contributed by atoms with Crippen LogP contribution in [-0.4, -0.2) is 40.9 Å². The smallest absolute Gasteiger partial charge is 0.242 e. The Bertz CT molecular complexity index is 456. The molecule has 2 heterocycles. The van der Waals surface area contributed by atoms with Gasteiger partial charge in [-0.2, -0.15) is 0 Å². The van der Waals surface area contributed by atoms with Crippen molar-refractivity contribution < 1.29 is 9.59 Å². The van der Waals surface area contributed by atoms with Gasteiger partial charge in [-0.15, -0.1) is 0 Å². The number of carbonyl (C=O) groups excluding carboxylic acids is 2. The number of hydrogen-bond acceptors (Lipinski definition) is 4. The monoisotopic (exact) mass is 251 g/mol. The van der Waals surface area contributed by atoms with Crippen molar-refractivity contribution in [1.82, 2.24) is 25.9 Å². The summed E-state index contributed by atoms with van der Waals surface area (Å²) in [6, 6.07) is -0.877. The number of amides is 2.